The van der Waals surface area contributed by atoms with Crippen LogP contribution in [0, 0.1) is 17.1 Å². The smallest absolute Gasteiger partial charge is 0.280 e. The van der Waals surface area contributed by atoms with Gasteiger partial charge >= 0.3 is 0 Å². The number of aromatic amines is 1. The lowest BCUT2D eigenvalue weighted by Gasteiger charge is -2.06. The molecule has 0 aliphatic rings. The first-order valence-electron chi connectivity index (χ1n) is 9.36. The number of hydrogen-bond donors (Lipinski definition) is 2. The van der Waals surface area contributed by atoms with E-state index in [9.17, 15) is 14.0 Å². The molecular formula is C23H16FN5O2. The van der Waals surface area contributed by atoms with Crippen molar-refractivity contribution in [3.63, 3.8) is 0 Å². The maximum atomic E-state index is 13.9. The van der Waals surface area contributed by atoms with E-state index in [1.165, 1.54) is 29.2 Å². The number of nitrogens with one attached hydrogen (secondary N) is 2. The molecule has 4 rings (SSSR count). The molecule has 2 N–H and O–H groups in total. The standard InChI is InChI=1S/C23H16FN5O2/c24-20-10-16(6-7-17(20)11-25)19-14-28-29(23(19)31)21-9-8-18(13-26-21)22(30)27-12-15-4-2-1-3-5-15/h1-10,13-14,28H,12H2,(H,27,30). The van der Waals surface area contributed by atoms with Gasteiger partial charge in [0, 0.05) is 18.9 Å². The number of benzene rings is 2. The van der Waals surface area contributed by atoms with Crippen LogP contribution in [-0.2, 0) is 6.54 Å². The number of hydrogen-bond acceptors (Lipinski definition) is 4. The third kappa shape index (κ3) is 4.11. The van der Waals surface area contributed by atoms with Gasteiger partial charge in [0.25, 0.3) is 11.5 Å². The number of carbonyl (C=O) groups is 1. The molecule has 1 amide bonds. The molecule has 0 spiro atoms. The fourth-order valence-electron chi connectivity index (χ4n) is 3.05. The number of nitrogens with zero attached hydrogens (tertiary/aromatic N) is 3. The third-order valence-electron chi connectivity index (χ3n) is 4.71. The van der Waals surface area contributed by atoms with Crippen LogP contribution in [0.15, 0.2) is 77.9 Å². The number of aromatic nitrogens is 3. The molecule has 0 bridgehead atoms. The molecule has 8 heteroatoms. The minimum atomic E-state index is -0.698. The minimum absolute atomic E-state index is 0.0950. The molecule has 31 heavy (non-hydrogen) atoms. The number of pyridine rings is 1. The van der Waals surface area contributed by atoms with E-state index in [4.69, 9.17) is 5.26 Å². The molecule has 2 aromatic heterocycles. The zero-order chi connectivity index (χ0) is 21.8. The molecule has 0 fully saturated rings. The van der Waals surface area contributed by atoms with Crippen molar-refractivity contribution in [1.82, 2.24) is 20.1 Å². The van der Waals surface area contributed by atoms with Gasteiger partial charge in [0.15, 0.2) is 5.82 Å². The Morgan fingerprint density at radius 3 is 2.65 bits per heavy atom. The zero-order valence-corrected chi connectivity index (χ0v) is 16.2. The van der Waals surface area contributed by atoms with Crippen LogP contribution in [-0.4, -0.2) is 20.7 Å². The van der Waals surface area contributed by atoms with E-state index in [0.717, 1.165) is 11.6 Å². The van der Waals surface area contributed by atoms with Gasteiger partial charge in [-0.05, 0) is 35.4 Å². The summed E-state index contributed by atoms with van der Waals surface area (Å²) in [6, 6.07) is 18.3. The van der Waals surface area contributed by atoms with Crippen LogP contribution in [0.2, 0.25) is 0 Å². The van der Waals surface area contributed by atoms with Crippen LogP contribution >= 0.6 is 0 Å². The molecule has 2 aromatic carbocycles. The summed E-state index contributed by atoms with van der Waals surface area (Å²) in [6.45, 7) is 0.391. The molecule has 0 aliphatic heterocycles. The van der Waals surface area contributed by atoms with E-state index in [-0.39, 0.29) is 22.9 Å². The Kier molecular flexibility index (Phi) is 5.41. The lowest BCUT2D eigenvalue weighted by atomic mass is 10.1. The Labute approximate surface area is 176 Å². The normalized spacial score (nSPS) is 10.5. The Hall–Kier alpha value is -4.51. The zero-order valence-electron chi connectivity index (χ0n) is 16.2. The van der Waals surface area contributed by atoms with Gasteiger partial charge in [-0.2, -0.15) is 5.26 Å². The second-order valence-corrected chi connectivity index (χ2v) is 6.71. The third-order valence-corrected chi connectivity index (χ3v) is 4.71. The molecule has 0 atom stereocenters. The van der Waals surface area contributed by atoms with Crippen molar-refractivity contribution in [2.24, 2.45) is 0 Å². The predicted molar refractivity (Wildman–Crippen MR) is 112 cm³/mol. The summed E-state index contributed by atoms with van der Waals surface area (Å²) in [5.74, 6) is -0.698. The highest BCUT2D eigenvalue weighted by Crippen LogP contribution is 2.19. The van der Waals surface area contributed by atoms with E-state index in [1.807, 2.05) is 30.3 Å². The highest BCUT2D eigenvalue weighted by molar-refractivity contribution is 5.93. The molecule has 0 radical (unpaired) electrons. The van der Waals surface area contributed by atoms with E-state index < -0.39 is 11.4 Å². The number of halogens is 1. The first kappa shape index (κ1) is 19.8. The molecule has 2 heterocycles. The second-order valence-electron chi connectivity index (χ2n) is 6.71. The maximum absolute atomic E-state index is 13.9. The van der Waals surface area contributed by atoms with Gasteiger partial charge in [-0.1, -0.05) is 36.4 Å². The molecule has 0 unspecified atom stereocenters. The van der Waals surface area contributed by atoms with Crippen molar-refractivity contribution in [2.45, 2.75) is 6.54 Å². The van der Waals surface area contributed by atoms with Crippen molar-refractivity contribution in [3.05, 3.63) is 106 Å². The summed E-state index contributed by atoms with van der Waals surface area (Å²) in [4.78, 5) is 29.3. The van der Waals surface area contributed by atoms with E-state index in [2.05, 4.69) is 15.4 Å². The van der Waals surface area contributed by atoms with Crippen molar-refractivity contribution in [2.75, 3.05) is 0 Å². The summed E-state index contributed by atoms with van der Waals surface area (Å²) in [5, 5.41) is 14.4. The van der Waals surface area contributed by atoms with Crippen molar-refractivity contribution < 1.29 is 9.18 Å². The highest BCUT2D eigenvalue weighted by Gasteiger charge is 2.14. The monoisotopic (exact) mass is 413 g/mol. The molecule has 7 nitrogen and oxygen atoms in total. The number of carbonyl (C=O) groups excluding carboxylic acids is 1. The first-order chi connectivity index (χ1) is 15.1. The Morgan fingerprint density at radius 1 is 1.16 bits per heavy atom. The Balaban J connectivity index is 1.52. The molecule has 4 aromatic rings. The van der Waals surface area contributed by atoms with E-state index >= 15 is 0 Å². The van der Waals surface area contributed by atoms with Crippen LogP contribution < -0.4 is 10.9 Å². The summed E-state index contributed by atoms with van der Waals surface area (Å²) in [7, 11) is 0. The van der Waals surface area contributed by atoms with Gasteiger partial charge in [0.05, 0.1) is 16.7 Å². The number of rotatable bonds is 5. The Morgan fingerprint density at radius 2 is 1.97 bits per heavy atom. The van der Waals surface area contributed by atoms with Gasteiger partial charge < -0.3 is 5.32 Å². The summed E-state index contributed by atoms with van der Waals surface area (Å²) in [5.41, 5.74) is 1.38. The van der Waals surface area contributed by atoms with Gasteiger partial charge in [-0.25, -0.2) is 14.1 Å². The minimum Gasteiger partial charge on any atom is -0.348 e. The largest absolute Gasteiger partial charge is 0.348 e. The predicted octanol–water partition coefficient (Wildman–Crippen LogP) is 3.17. The molecular weight excluding hydrogens is 397 g/mol. The van der Waals surface area contributed by atoms with Crippen LogP contribution in [0.4, 0.5) is 4.39 Å². The lowest BCUT2D eigenvalue weighted by Crippen LogP contribution is -2.23. The number of nitriles is 1. The SMILES string of the molecule is N#Cc1ccc(-c2c[nH]n(-c3ccc(C(=O)NCc4ccccc4)cn3)c2=O)cc1F. The van der Waals surface area contributed by atoms with Crippen LogP contribution in [0.1, 0.15) is 21.5 Å². The molecule has 0 aliphatic carbocycles. The van der Waals surface area contributed by atoms with Gasteiger partial charge in [-0.3, -0.25) is 14.7 Å². The van der Waals surface area contributed by atoms with Gasteiger partial charge in [0.2, 0.25) is 0 Å². The molecule has 0 saturated carbocycles. The van der Waals surface area contributed by atoms with Crippen molar-refractivity contribution in [1.29, 1.82) is 5.26 Å². The van der Waals surface area contributed by atoms with Crippen LogP contribution in [0.3, 0.4) is 0 Å². The van der Waals surface area contributed by atoms with Crippen molar-refractivity contribution >= 4 is 5.91 Å². The molecule has 152 valence electrons. The Bertz CT molecular complexity index is 1340. The van der Waals surface area contributed by atoms with Gasteiger partial charge in [-0.15, -0.1) is 0 Å². The first-order valence-corrected chi connectivity index (χ1v) is 9.36. The molecule has 0 saturated heterocycles. The van der Waals surface area contributed by atoms with Crippen LogP contribution in [0.25, 0.3) is 16.9 Å². The van der Waals surface area contributed by atoms with Gasteiger partial charge in [0.1, 0.15) is 11.9 Å². The second kappa shape index (κ2) is 8.47. The topological polar surface area (TPSA) is 104 Å². The van der Waals surface area contributed by atoms with Crippen LogP contribution in [0.5, 0.6) is 0 Å². The summed E-state index contributed by atoms with van der Waals surface area (Å²) in [6.07, 6.45) is 2.81. The van der Waals surface area contributed by atoms with Crippen molar-refractivity contribution in [3.8, 4) is 23.0 Å². The quantitative estimate of drug-likeness (QED) is 0.524. The average Bonchev–Trinajstić information content (AvgIpc) is 3.19. The highest BCUT2D eigenvalue weighted by atomic mass is 19.1. The maximum Gasteiger partial charge on any atom is 0.280 e. The summed E-state index contributed by atoms with van der Waals surface area (Å²) < 4.78 is 15.1. The lowest BCUT2D eigenvalue weighted by molar-refractivity contribution is 0.0950. The fourth-order valence-corrected chi connectivity index (χ4v) is 3.05. The van der Waals surface area contributed by atoms with E-state index in [0.29, 0.717) is 17.7 Å². The van der Waals surface area contributed by atoms with E-state index in [1.54, 1.807) is 18.2 Å². The summed E-state index contributed by atoms with van der Waals surface area (Å²) >= 11 is 0. The fraction of sp³-hybridized carbons (Fsp3) is 0.0435. The number of H-pyrrole nitrogens is 1. The number of amides is 1. The average molecular weight is 413 g/mol.